The van der Waals surface area contributed by atoms with Crippen molar-refractivity contribution in [3.8, 4) is 11.5 Å². The summed E-state index contributed by atoms with van der Waals surface area (Å²) in [5, 5.41) is 2.84. The number of anilines is 1. The van der Waals surface area contributed by atoms with Gasteiger partial charge in [-0.2, -0.15) is 0 Å². The zero-order valence-electron chi connectivity index (χ0n) is 15.5. The molecule has 0 aliphatic carbocycles. The third kappa shape index (κ3) is 4.85. The van der Waals surface area contributed by atoms with Gasteiger partial charge in [-0.1, -0.05) is 19.1 Å². The lowest BCUT2D eigenvalue weighted by Gasteiger charge is -2.18. The molecule has 0 atom stereocenters. The molecular weight excluding hydrogens is 353 g/mol. The molecule has 0 radical (unpaired) electrons. The Morgan fingerprint density at radius 3 is 2.58 bits per heavy atom. The van der Waals surface area contributed by atoms with Crippen LogP contribution < -0.4 is 14.8 Å². The molecule has 0 spiro atoms. The van der Waals surface area contributed by atoms with Gasteiger partial charge < -0.3 is 19.5 Å². The van der Waals surface area contributed by atoms with Gasteiger partial charge in [0, 0.05) is 0 Å². The molecule has 0 heterocycles. The predicted octanol–water partition coefficient (Wildman–Crippen LogP) is 5.09. The first-order valence-corrected chi connectivity index (χ1v) is 8.79. The molecule has 0 unspecified atom stereocenters. The summed E-state index contributed by atoms with van der Waals surface area (Å²) in [6, 6.07) is 9.66. The second-order valence-electron chi connectivity index (χ2n) is 5.84. The van der Waals surface area contributed by atoms with Gasteiger partial charge in [-0.05, 0) is 67.4 Å². The fourth-order valence-electron chi connectivity index (χ4n) is 2.75. The van der Waals surface area contributed by atoms with Crippen LogP contribution in [0.4, 0.5) is 10.1 Å². The predicted molar refractivity (Wildman–Crippen MR) is 106 cm³/mol. The molecule has 0 aromatic heterocycles. The van der Waals surface area contributed by atoms with Crippen LogP contribution in [0.2, 0.25) is 0 Å². The number of hydrogen-bond donors (Lipinski definition) is 1. The van der Waals surface area contributed by atoms with E-state index in [1.807, 2.05) is 31.2 Å². The first kappa shape index (κ1) is 20.0. The molecule has 2 rings (SSSR count). The zero-order chi connectivity index (χ0) is 19.1. The molecule has 2 aromatic rings. The third-order valence-electron chi connectivity index (χ3n) is 4.16. The Labute approximate surface area is 159 Å². The highest BCUT2D eigenvalue weighted by atomic mass is 32.1. The summed E-state index contributed by atoms with van der Waals surface area (Å²) >= 11 is 4.96. The summed E-state index contributed by atoms with van der Waals surface area (Å²) in [5.74, 6) is 1.47. The highest BCUT2D eigenvalue weighted by molar-refractivity contribution is 7.80. The number of thiocarbonyl (C=S) groups is 1. The molecule has 0 bridgehead atoms. The van der Waals surface area contributed by atoms with E-state index in [2.05, 4.69) is 30.0 Å². The molecule has 26 heavy (non-hydrogen) atoms. The Bertz CT molecular complexity index is 780. The number of alkyl halides is 1. The quantitative estimate of drug-likeness (QED) is 0.680. The number of halogens is 1. The highest BCUT2D eigenvalue weighted by Gasteiger charge is 2.13. The van der Waals surface area contributed by atoms with Crippen molar-refractivity contribution in [2.24, 2.45) is 0 Å². The molecule has 0 saturated carbocycles. The van der Waals surface area contributed by atoms with Crippen LogP contribution in [-0.2, 0) is 17.8 Å². The lowest BCUT2D eigenvalue weighted by Crippen LogP contribution is -2.15. The molecule has 0 aliphatic heterocycles. The van der Waals surface area contributed by atoms with Gasteiger partial charge in [-0.3, -0.25) is 0 Å². The lowest BCUT2D eigenvalue weighted by atomic mass is 10.0. The van der Waals surface area contributed by atoms with E-state index in [9.17, 15) is 4.39 Å². The molecule has 4 nitrogen and oxygen atoms in total. The molecule has 0 amide bonds. The lowest BCUT2D eigenvalue weighted by molar-refractivity contribution is 0.184. The molecular formula is C20H24FNO3S. The summed E-state index contributed by atoms with van der Waals surface area (Å²) < 4.78 is 28.5. The summed E-state index contributed by atoms with van der Waals surface area (Å²) in [6.45, 7) is 5.53. The molecule has 0 saturated heterocycles. The van der Waals surface area contributed by atoms with Gasteiger partial charge in [-0.25, -0.2) is 4.39 Å². The van der Waals surface area contributed by atoms with E-state index in [1.54, 1.807) is 7.11 Å². The Hall–Kier alpha value is -2.34. The number of ether oxygens (including phenoxy) is 3. The summed E-state index contributed by atoms with van der Waals surface area (Å²) in [6.07, 6.45) is 0.986. The van der Waals surface area contributed by atoms with E-state index >= 15 is 0 Å². The third-order valence-corrected chi connectivity index (χ3v) is 4.38. The number of hydrogen-bond acceptors (Lipinski definition) is 4. The van der Waals surface area contributed by atoms with Gasteiger partial charge in [0.2, 0.25) is 6.86 Å². The Morgan fingerprint density at radius 2 is 1.92 bits per heavy atom. The van der Waals surface area contributed by atoms with Gasteiger partial charge in [0.15, 0.2) is 0 Å². The Balaban J connectivity index is 2.25. The van der Waals surface area contributed by atoms with Crippen LogP contribution >= 0.6 is 12.2 Å². The van der Waals surface area contributed by atoms with E-state index in [-0.39, 0.29) is 11.8 Å². The van der Waals surface area contributed by atoms with E-state index in [0.29, 0.717) is 11.4 Å². The smallest absolute Gasteiger partial charge is 0.263 e. The van der Waals surface area contributed by atoms with Crippen LogP contribution in [0.25, 0.3) is 0 Å². The van der Waals surface area contributed by atoms with Crippen molar-refractivity contribution in [1.82, 2.24) is 0 Å². The molecule has 0 aliphatic rings. The standard InChI is InChI=1S/C20H24FNO3S/c1-5-15-9-14(3)19(10-13(15)2)24-11-16-17(22-20(26)25-12-21)7-6-8-18(16)23-4/h6-10H,5,11-12H2,1-4H3,(H,22,26). The maximum Gasteiger partial charge on any atom is 0.263 e. The average molecular weight is 377 g/mol. The number of nitrogens with one attached hydrogen (secondary N) is 1. The van der Waals surface area contributed by atoms with Gasteiger partial charge in [0.25, 0.3) is 5.17 Å². The minimum Gasteiger partial charge on any atom is -0.496 e. The minimum absolute atomic E-state index is 0.0404. The van der Waals surface area contributed by atoms with Crippen molar-refractivity contribution in [2.45, 2.75) is 33.8 Å². The van der Waals surface area contributed by atoms with Gasteiger partial charge >= 0.3 is 0 Å². The van der Waals surface area contributed by atoms with Crippen molar-refractivity contribution in [3.05, 3.63) is 52.6 Å². The Morgan fingerprint density at radius 1 is 1.15 bits per heavy atom. The second-order valence-corrected chi connectivity index (χ2v) is 6.21. The maximum atomic E-state index is 12.3. The summed E-state index contributed by atoms with van der Waals surface area (Å²) in [4.78, 5) is 0. The number of aryl methyl sites for hydroxylation is 3. The van der Waals surface area contributed by atoms with E-state index in [4.69, 9.17) is 21.7 Å². The van der Waals surface area contributed by atoms with Gasteiger partial charge in [0.05, 0.1) is 18.4 Å². The molecule has 0 fully saturated rings. The number of rotatable bonds is 7. The highest BCUT2D eigenvalue weighted by Crippen LogP contribution is 2.30. The first-order valence-electron chi connectivity index (χ1n) is 8.38. The molecule has 140 valence electrons. The minimum atomic E-state index is -0.982. The van der Waals surface area contributed by atoms with Gasteiger partial charge in [-0.15, -0.1) is 0 Å². The van der Waals surface area contributed by atoms with Crippen LogP contribution in [0.15, 0.2) is 30.3 Å². The molecule has 6 heteroatoms. The van der Waals surface area contributed by atoms with E-state index < -0.39 is 6.86 Å². The zero-order valence-corrected chi connectivity index (χ0v) is 16.3. The normalized spacial score (nSPS) is 10.3. The summed E-state index contributed by atoms with van der Waals surface area (Å²) in [7, 11) is 1.59. The van der Waals surface area contributed by atoms with Crippen molar-refractivity contribution in [2.75, 3.05) is 19.3 Å². The van der Waals surface area contributed by atoms with Crippen LogP contribution in [0, 0.1) is 13.8 Å². The second kappa shape index (κ2) is 9.38. The largest absolute Gasteiger partial charge is 0.496 e. The van der Waals surface area contributed by atoms with Crippen LogP contribution in [0.3, 0.4) is 0 Å². The van der Waals surface area contributed by atoms with Crippen molar-refractivity contribution in [3.63, 3.8) is 0 Å². The van der Waals surface area contributed by atoms with Crippen molar-refractivity contribution >= 4 is 23.1 Å². The van der Waals surface area contributed by atoms with E-state index in [0.717, 1.165) is 23.3 Å². The first-order chi connectivity index (χ1) is 12.5. The number of methoxy groups -OCH3 is 1. The van der Waals surface area contributed by atoms with Gasteiger partial charge in [0.1, 0.15) is 18.1 Å². The monoisotopic (exact) mass is 377 g/mol. The van der Waals surface area contributed by atoms with Crippen molar-refractivity contribution < 1.29 is 18.6 Å². The average Bonchev–Trinajstić information content (AvgIpc) is 2.62. The summed E-state index contributed by atoms with van der Waals surface area (Å²) in [5.41, 5.74) is 5.01. The number of benzene rings is 2. The van der Waals surface area contributed by atoms with Crippen molar-refractivity contribution in [1.29, 1.82) is 0 Å². The molecule has 1 N–H and O–H groups in total. The maximum absolute atomic E-state index is 12.3. The Kier molecular flexibility index (Phi) is 7.21. The molecule has 2 aromatic carbocycles. The van der Waals surface area contributed by atoms with Crippen LogP contribution in [0.1, 0.15) is 29.2 Å². The fourth-order valence-corrected chi connectivity index (χ4v) is 2.91. The fraction of sp³-hybridized carbons (Fsp3) is 0.350. The van der Waals surface area contributed by atoms with Crippen LogP contribution in [0.5, 0.6) is 11.5 Å². The van der Waals surface area contributed by atoms with Crippen LogP contribution in [-0.4, -0.2) is 19.1 Å². The van der Waals surface area contributed by atoms with E-state index in [1.165, 1.54) is 11.1 Å². The topological polar surface area (TPSA) is 39.7 Å². The SMILES string of the molecule is CCc1cc(C)c(OCc2c(NC(=S)OCF)cccc2OC)cc1C.